The Balaban J connectivity index is 1.84. The summed E-state index contributed by atoms with van der Waals surface area (Å²) in [6.45, 7) is 4.00. The minimum absolute atomic E-state index is 0.390. The highest BCUT2D eigenvalue weighted by Crippen LogP contribution is 2.48. The van der Waals surface area contributed by atoms with Crippen molar-refractivity contribution in [1.29, 1.82) is 0 Å². The van der Waals surface area contributed by atoms with Gasteiger partial charge in [-0.1, -0.05) is 48.5 Å². The fourth-order valence-electron chi connectivity index (χ4n) is 5.07. The average Bonchev–Trinajstić information content (AvgIpc) is 2.90. The van der Waals surface area contributed by atoms with Gasteiger partial charge in [-0.3, -0.25) is 0 Å². The quantitative estimate of drug-likeness (QED) is 0.792. The lowest BCUT2D eigenvalue weighted by atomic mass is 9.75. The third kappa shape index (κ3) is 2.56. The van der Waals surface area contributed by atoms with Crippen molar-refractivity contribution in [2.75, 3.05) is 13.1 Å². The van der Waals surface area contributed by atoms with Crippen LogP contribution in [-0.4, -0.2) is 29.3 Å². The Kier molecular flexibility index (Phi) is 4.33. The van der Waals surface area contributed by atoms with Crippen LogP contribution in [0.1, 0.15) is 41.0 Å². The fourth-order valence-corrected chi connectivity index (χ4v) is 5.07. The van der Waals surface area contributed by atoms with Crippen molar-refractivity contribution >= 4 is 5.97 Å². The van der Waals surface area contributed by atoms with Crippen molar-refractivity contribution < 1.29 is 15.0 Å². The summed E-state index contributed by atoms with van der Waals surface area (Å²) in [7, 11) is 0. The molecule has 2 bridgehead atoms. The number of piperidine rings is 1. The van der Waals surface area contributed by atoms with Crippen molar-refractivity contribution in [3.8, 4) is 0 Å². The molecule has 1 aliphatic heterocycles. The van der Waals surface area contributed by atoms with Gasteiger partial charge in [0, 0.05) is 5.56 Å². The van der Waals surface area contributed by atoms with Crippen LogP contribution in [0.25, 0.3) is 0 Å². The lowest BCUT2D eigenvalue weighted by Gasteiger charge is -2.34. The largest absolute Gasteiger partial charge is 0.479 e. The zero-order chi connectivity index (χ0) is 18.3. The predicted octanol–water partition coefficient (Wildman–Crippen LogP) is 3.03. The number of aliphatic hydroxyl groups is 1. The highest BCUT2D eigenvalue weighted by Gasteiger charge is 2.44. The van der Waals surface area contributed by atoms with Crippen molar-refractivity contribution in [2.45, 2.75) is 31.3 Å². The monoisotopic (exact) mass is 351 g/mol. The second-order valence-electron chi connectivity index (χ2n) is 7.68. The number of hydrogen-bond acceptors (Lipinski definition) is 3. The molecule has 2 aromatic rings. The molecule has 0 aromatic heterocycles. The van der Waals surface area contributed by atoms with Crippen molar-refractivity contribution in [2.24, 2.45) is 11.8 Å². The SMILES string of the molecule is Cc1c(C2C3CCC2CNC3)cccc1C(O)(C(=O)O)c1ccccc1. The van der Waals surface area contributed by atoms with E-state index in [2.05, 4.69) is 11.4 Å². The van der Waals surface area contributed by atoms with E-state index in [1.807, 2.05) is 19.1 Å². The van der Waals surface area contributed by atoms with E-state index in [4.69, 9.17) is 0 Å². The maximum atomic E-state index is 12.1. The van der Waals surface area contributed by atoms with Gasteiger partial charge < -0.3 is 15.5 Å². The molecule has 0 radical (unpaired) electrons. The molecule has 4 rings (SSSR count). The lowest BCUT2D eigenvalue weighted by molar-refractivity contribution is -0.155. The molecule has 4 heteroatoms. The summed E-state index contributed by atoms with van der Waals surface area (Å²) in [5.41, 5.74) is 0.942. The highest BCUT2D eigenvalue weighted by molar-refractivity contribution is 5.84. The number of carbonyl (C=O) groups is 1. The van der Waals surface area contributed by atoms with Crippen LogP contribution in [-0.2, 0) is 10.4 Å². The number of nitrogens with one attached hydrogen (secondary N) is 1. The minimum atomic E-state index is -2.03. The molecule has 2 aliphatic rings. The second kappa shape index (κ2) is 6.53. The number of carboxylic acid groups (broad SMARTS) is 1. The summed E-state index contributed by atoms with van der Waals surface area (Å²) in [4.78, 5) is 12.1. The van der Waals surface area contributed by atoms with Crippen LogP contribution in [0.3, 0.4) is 0 Å². The van der Waals surface area contributed by atoms with E-state index in [0.29, 0.717) is 28.9 Å². The lowest BCUT2D eigenvalue weighted by Crippen LogP contribution is -2.39. The van der Waals surface area contributed by atoms with Gasteiger partial charge in [0.05, 0.1) is 0 Å². The molecule has 3 unspecified atom stereocenters. The van der Waals surface area contributed by atoms with Crippen LogP contribution < -0.4 is 5.32 Å². The highest BCUT2D eigenvalue weighted by atomic mass is 16.4. The second-order valence-corrected chi connectivity index (χ2v) is 7.68. The molecular formula is C22H25NO3. The molecule has 2 aromatic carbocycles. The van der Waals surface area contributed by atoms with E-state index in [-0.39, 0.29) is 0 Å². The number of rotatable bonds is 4. The summed E-state index contributed by atoms with van der Waals surface area (Å²) < 4.78 is 0. The molecule has 1 saturated carbocycles. The molecule has 0 amide bonds. The van der Waals surface area contributed by atoms with E-state index in [0.717, 1.165) is 18.7 Å². The zero-order valence-electron chi connectivity index (χ0n) is 15.0. The van der Waals surface area contributed by atoms with Crippen molar-refractivity contribution in [3.63, 3.8) is 0 Å². The molecule has 1 heterocycles. The number of hydrogen-bond donors (Lipinski definition) is 3. The maximum absolute atomic E-state index is 12.1. The van der Waals surface area contributed by atoms with E-state index in [1.165, 1.54) is 18.4 Å². The van der Waals surface area contributed by atoms with Gasteiger partial charge in [-0.15, -0.1) is 0 Å². The van der Waals surface area contributed by atoms with Gasteiger partial charge in [0.25, 0.3) is 0 Å². The van der Waals surface area contributed by atoms with Gasteiger partial charge >= 0.3 is 5.97 Å². The molecule has 136 valence electrons. The van der Waals surface area contributed by atoms with Crippen LogP contribution >= 0.6 is 0 Å². The molecule has 4 nitrogen and oxygen atoms in total. The Morgan fingerprint density at radius 1 is 1.04 bits per heavy atom. The third-order valence-electron chi connectivity index (χ3n) is 6.36. The van der Waals surface area contributed by atoms with Crippen LogP contribution in [0.4, 0.5) is 0 Å². The van der Waals surface area contributed by atoms with Gasteiger partial charge in [0.15, 0.2) is 0 Å². The van der Waals surface area contributed by atoms with Crippen LogP contribution in [0.15, 0.2) is 48.5 Å². The van der Waals surface area contributed by atoms with Gasteiger partial charge in [-0.05, 0) is 67.3 Å². The zero-order valence-corrected chi connectivity index (χ0v) is 15.0. The maximum Gasteiger partial charge on any atom is 0.345 e. The van der Waals surface area contributed by atoms with E-state index < -0.39 is 11.6 Å². The summed E-state index contributed by atoms with van der Waals surface area (Å²) >= 11 is 0. The van der Waals surface area contributed by atoms with Crippen LogP contribution in [0, 0.1) is 18.8 Å². The molecule has 3 atom stereocenters. The Hall–Kier alpha value is -2.17. The van der Waals surface area contributed by atoms with Crippen LogP contribution in [0.5, 0.6) is 0 Å². The van der Waals surface area contributed by atoms with Gasteiger partial charge in [0.2, 0.25) is 5.60 Å². The molecule has 1 aliphatic carbocycles. The molecular weight excluding hydrogens is 326 g/mol. The van der Waals surface area contributed by atoms with E-state index >= 15 is 0 Å². The number of benzene rings is 2. The summed E-state index contributed by atoms with van der Waals surface area (Å²) in [6, 6.07) is 14.5. The molecule has 3 N–H and O–H groups in total. The molecule has 26 heavy (non-hydrogen) atoms. The first-order chi connectivity index (χ1) is 12.5. The Morgan fingerprint density at radius 3 is 2.31 bits per heavy atom. The molecule has 0 spiro atoms. The average molecular weight is 351 g/mol. The first kappa shape index (κ1) is 17.3. The number of aliphatic carboxylic acids is 1. The normalized spacial score (nSPS) is 27.1. The minimum Gasteiger partial charge on any atom is -0.479 e. The van der Waals surface area contributed by atoms with Gasteiger partial charge in [-0.2, -0.15) is 0 Å². The number of fused-ring (bicyclic) bond motifs is 2. The van der Waals surface area contributed by atoms with Crippen molar-refractivity contribution in [3.05, 3.63) is 70.8 Å². The first-order valence-electron chi connectivity index (χ1n) is 9.35. The third-order valence-corrected chi connectivity index (χ3v) is 6.36. The predicted molar refractivity (Wildman–Crippen MR) is 100 cm³/mol. The van der Waals surface area contributed by atoms with Crippen molar-refractivity contribution in [1.82, 2.24) is 5.32 Å². The smallest absolute Gasteiger partial charge is 0.345 e. The fraction of sp³-hybridized carbons (Fsp3) is 0.409. The summed E-state index contributed by atoms with van der Waals surface area (Å²) in [5, 5.41) is 24.7. The summed E-state index contributed by atoms with van der Waals surface area (Å²) in [5.74, 6) is 0.400. The Labute approximate surface area is 153 Å². The van der Waals surface area contributed by atoms with Crippen LogP contribution in [0.2, 0.25) is 0 Å². The van der Waals surface area contributed by atoms with E-state index in [1.54, 1.807) is 30.3 Å². The number of carboxylic acids is 1. The standard InChI is InChI=1S/C22H25NO3/c1-14-18(20-15-10-11-16(20)13-23-12-15)8-5-9-19(14)22(26,21(24)25)17-6-3-2-4-7-17/h2-9,15-16,20,23,26H,10-13H2,1H3,(H,24,25). The van der Waals surface area contributed by atoms with Gasteiger partial charge in [0.1, 0.15) is 0 Å². The summed E-state index contributed by atoms with van der Waals surface area (Å²) in [6.07, 6.45) is 2.43. The van der Waals surface area contributed by atoms with Gasteiger partial charge in [-0.25, -0.2) is 4.79 Å². The molecule has 1 saturated heterocycles. The van der Waals surface area contributed by atoms with E-state index in [9.17, 15) is 15.0 Å². The Bertz CT molecular complexity index is 803. The topological polar surface area (TPSA) is 69.6 Å². The molecule has 2 fully saturated rings. The first-order valence-corrected chi connectivity index (χ1v) is 9.35. The Morgan fingerprint density at radius 2 is 1.69 bits per heavy atom.